The quantitative estimate of drug-likeness (QED) is 0.486. The van der Waals surface area contributed by atoms with E-state index < -0.39 is 22.9 Å². The van der Waals surface area contributed by atoms with Crippen LogP contribution in [-0.4, -0.2) is 24.0 Å². The number of methoxy groups -OCH3 is 1. The number of carbonyl (C=O) groups excluding carboxylic acids is 1. The molecule has 0 saturated heterocycles. The van der Waals surface area contributed by atoms with E-state index in [0.29, 0.717) is 5.56 Å². The molecule has 1 aromatic carbocycles. The van der Waals surface area contributed by atoms with Gasteiger partial charge in [-0.25, -0.2) is 4.79 Å². The monoisotopic (exact) mass is 301 g/mol. The van der Waals surface area contributed by atoms with Crippen LogP contribution in [0.5, 0.6) is 0 Å². The van der Waals surface area contributed by atoms with E-state index >= 15 is 0 Å². The van der Waals surface area contributed by atoms with Gasteiger partial charge in [0.2, 0.25) is 0 Å². The molecule has 0 aliphatic heterocycles. The largest absolute Gasteiger partial charge is 0.464 e. The maximum absolute atomic E-state index is 11.4. The van der Waals surface area contributed by atoms with E-state index in [4.69, 9.17) is 0 Å². The minimum Gasteiger partial charge on any atom is -0.464 e. The van der Waals surface area contributed by atoms with E-state index in [1.54, 1.807) is 31.2 Å². The number of rotatable bonds is 4. The van der Waals surface area contributed by atoms with Gasteiger partial charge in [-0.1, -0.05) is 41.1 Å². The number of nitrogens with zero attached hydrogens (tertiary/aromatic N) is 1. The van der Waals surface area contributed by atoms with Crippen molar-refractivity contribution in [2.45, 2.75) is 18.9 Å². The molecular formula is C11H12BrNO4. The minimum atomic E-state index is -1.39. The van der Waals surface area contributed by atoms with Crippen LogP contribution < -0.4 is 0 Å². The average molecular weight is 302 g/mol. The highest BCUT2D eigenvalue weighted by atomic mass is 79.9. The lowest BCUT2D eigenvalue weighted by atomic mass is 9.94. The fourth-order valence-electron chi connectivity index (χ4n) is 1.61. The zero-order chi connectivity index (χ0) is 13.0. The summed E-state index contributed by atoms with van der Waals surface area (Å²) in [5, 5.41) is 10.9. The third-order valence-electron chi connectivity index (χ3n) is 2.54. The summed E-state index contributed by atoms with van der Waals surface area (Å²) in [5.74, 6) is -1.40. The van der Waals surface area contributed by atoms with Crippen LogP contribution in [0.4, 0.5) is 0 Å². The number of benzene rings is 1. The Bertz CT molecular complexity index is 435. The minimum absolute atomic E-state index is 0.562. The molecular weight excluding hydrogens is 290 g/mol. The van der Waals surface area contributed by atoms with Crippen molar-refractivity contribution < 1.29 is 14.5 Å². The van der Waals surface area contributed by atoms with E-state index in [9.17, 15) is 14.9 Å². The summed E-state index contributed by atoms with van der Waals surface area (Å²) in [6, 6.07) is 5.71. The molecule has 0 aliphatic rings. The van der Waals surface area contributed by atoms with Crippen molar-refractivity contribution >= 4 is 21.9 Å². The number of halogens is 1. The molecule has 2 atom stereocenters. The summed E-state index contributed by atoms with van der Waals surface area (Å²) >= 11 is 3.31. The van der Waals surface area contributed by atoms with E-state index in [2.05, 4.69) is 20.7 Å². The van der Waals surface area contributed by atoms with Gasteiger partial charge in [0, 0.05) is 9.40 Å². The van der Waals surface area contributed by atoms with Gasteiger partial charge in [0.05, 0.1) is 13.0 Å². The summed E-state index contributed by atoms with van der Waals surface area (Å²) in [6.45, 7) is 1.63. The lowest BCUT2D eigenvalue weighted by molar-refractivity contribution is -0.513. The topological polar surface area (TPSA) is 69.4 Å². The van der Waals surface area contributed by atoms with Crippen LogP contribution in [0.15, 0.2) is 28.7 Å². The van der Waals surface area contributed by atoms with Crippen molar-refractivity contribution in [2.75, 3.05) is 7.11 Å². The highest BCUT2D eigenvalue weighted by Crippen LogP contribution is 2.28. The first-order valence-electron chi connectivity index (χ1n) is 4.94. The molecule has 0 amide bonds. The van der Waals surface area contributed by atoms with Gasteiger partial charge in [-0.05, 0) is 11.6 Å². The third kappa shape index (κ3) is 3.03. The second kappa shape index (κ2) is 5.77. The molecule has 2 unspecified atom stereocenters. The molecule has 5 nitrogen and oxygen atoms in total. The Morgan fingerprint density at radius 3 is 2.53 bits per heavy atom. The van der Waals surface area contributed by atoms with Gasteiger partial charge in [-0.3, -0.25) is 10.1 Å². The maximum Gasteiger partial charge on any atom is 0.382 e. The summed E-state index contributed by atoms with van der Waals surface area (Å²) in [7, 11) is 1.14. The van der Waals surface area contributed by atoms with Gasteiger partial charge in [0.25, 0.3) is 0 Å². The standard InChI is InChI=1S/C11H12BrNO4/c1-7(8-5-3-4-6-9(8)12)10(13(15)16)11(14)17-2/h3-7,10H,1-2H3. The van der Waals surface area contributed by atoms with Crippen LogP contribution in [0.1, 0.15) is 18.4 Å². The van der Waals surface area contributed by atoms with Crippen LogP contribution in [0, 0.1) is 10.1 Å². The predicted molar refractivity (Wildman–Crippen MR) is 65.4 cm³/mol. The SMILES string of the molecule is COC(=O)C(C(C)c1ccccc1Br)[N+](=O)[O-]. The number of ether oxygens (including phenoxy) is 1. The van der Waals surface area contributed by atoms with Crippen molar-refractivity contribution in [3.05, 3.63) is 44.4 Å². The van der Waals surface area contributed by atoms with Crippen LogP contribution in [-0.2, 0) is 9.53 Å². The van der Waals surface area contributed by atoms with Gasteiger partial charge in [-0.15, -0.1) is 0 Å². The first kappa shape index (κ1) is 13.6. The Morgan fingerprint density at radius 2 is 2.06 bits per heavy atom. The molecule has 0 bridgehead atoms. The fourth-order valence-corrected chi connectivity index (χ4v) is 2.25. The first-order valence-corrected chi connectivity index (χ1v) is 5.74. The third-order valence-corrected chi connectivity index (χ3v) is 3.26. The van der Waals surface area contributed by atoms with E-state index in [1.807, 2.05) is 0 Å². The second-order valence-electron chi connectivity index (χ2n) is 3.56. The van der Waals surface area contributed by atoms with Gasteiger partial charge in [-0.2, -0.15) is 0 Å². The first-order chi connectivity index (χ1) is 7.99. The number of hydrogen-bond acceptors (Lipinski definition) is 4. The molecule has 0 N–H and O–H groups in total. The van der Waals surface area contributed by atoms with Gasteiger partial charge in [0.1, 0.15) is 0 Å². The molecule has 0 heterocycles. The van der Waals surface area contributed by atoms with Crippen molar-refractivity contribution in [2.24, 2.45) is 0 Å². The van der Waals surface area contributed by atoms with E-state index in [-0.39, 0.29) is 0 Å². The Labute approximate surface area is 107 Å². The summed E-state index contributed by atoms with van der Waals surface area (Å²) in [4.78, 5) is 21.7. The smallest absolute Gasteiger partial charge is 0.382 e. The molecule has 92 valence electrons. The predicted octanol–water partition coefficient (Wildman–Crippen LogP) is 2.37. The number of nitro groups is 1. The maximum atomic E-state index is 11.4. The highest BCUT2D eigenvalue weighted by Gasteiger charge is 2.38. The summed E-state index contributed by atoms with van der Waals surface area (Å²) in [5.41, 5.74) is 0.708. The van der Waals surface area contributed by atoms with Crippen LogP contribution >= 0.6 is 15.9 Å². The van der Waals surface area contributed by atoms with Gasteiger partial charge in [0.15, 0.2) is 0 Å². The zero-order valence-electron chi connectivity index (χ0n) is 9.42. The van der Waals surface area contributed by atoms with Crippen molar-refractivity contribution in [3.8, 4) is 0 Å². The Morgan fingerprint density at radius 1 is 1.47 bits per heavy atom. The van der Waals surface area contributed by atoms with Gasteiger partial charge < -0.3 is 4.74 Å². The molecule has 0 aromatic heterocycles. The zero-order valence-corrected chi connectivity index (χ0v) is 11.0. The van der Waals surface area contributed by atoms with Crippen molar-refractivity contribution in [1.29, 1.82) is 0 Å². The van der Waals surface area contributed by atoms with E-state index in [1.165, 1.54) is 0 Å². The number of hydrogen-bond donors (Lipinski definition) is 0. The molecule has 0 fully saturated rings. The molecule has 0 saturated carbocycles. The van der Waals surface area contributed by atoms with Crippen LogP contribution in [0.2, 0.25) is 0 Å². The molecule has 0 spiro atoms. The summed E-state index contributed by atoms with van der Waals surface area (Å²) < 4.78 is 5.20. The Kier molecular flexibility index (Phi) is 4.62. The van der Waals surface area contributed by atoms with Crippen molar-refractivity contribution in [3.63, 3.8) is 0 Å². The lowest BCUT2D eigenvalue weighted by Crippen LogP contribution is -2.35. The molecule has 6 heteroatoms. The molecule has 17 heavy (non-hydrogen) atoms. The Hall–Kier alpha value is -1.43. The Balaban J connectivity index is 3.09. The fraction of sp³-hybridized carbons (Fsp3) is 0.364. The summed E-state index contributed by atoms with van der Waals surface area (Å²) in [6.07, 6.45) is 0. The van der Waals surface area contributed by atoms with Crippen molar-refractivity contribution in [1.82, 2.24) is 0 Å². The van der Waals surface area contributed by atoms with Gasteiger partial charge >= 0.3 is 12.0 Å². The average Bonchev–Trinajstić information content (AvgIpc) is 2.28. The molecule has 1 rings (SSSR count). The second-order valence-corrected chi connectivity index (χ2v) is 4.42. The lowest BCUT2D eigenvalue weighted by Gasteiger charge is -2.16. The number of esters is 1. The molecule has 1 aromatic rings. The highest BCUT2D eigenvalue weighted by molar-refractivity contribution is 9.10. The number of carbonyl (C=O) groups is 1. The molecule has 0 aliphatic carbocycles. The van der Waals surface area contributed by atoms with E-state index in [0.717, 1.165) is 11.6 Å². The molecule has 0 radical (unpaired) electrons. The van der Waals surface area contributed by atoms with Crippen LogP contribution in [0.3, 0.4) is 0 Å². The van der Waals surface area contributed by atoms with Crippen LogP contribution in [0.25, 0.3) is 0 Å². The normalized spacial score (nSPS) is 13.8.